The topological polar surface area (TPSA) is 32.3 Å². The Labute approximate surface area is 121 Å². The molecule has 1 aliphatic rings. The number of piperidine rings is 1. The van der Waals surface area contributed by atoms with E-state index in [0.717, 1.165) is 24.5 Å². The van der Waals surface area contributed by atoms with E-state index in [4.69, 9.17) is 0 Å². The first-order valence-electron chi connectivity index (χ1n) is 6.67. The molecule has 1 saturated heterocycles. The molecular formula is C14H18N2OS2. The lowest BCUT2D eigenvalue weighted by molar-refractivity contribution is 0.0769. The number of nitrogens with one attached hydrogen (secondary N) is 1. The summed E-state index contributed by atoms with van der Waals surface area (Å²) in [6.45, 7) is 3.02. The lowest BCUT2D eigenvalue weighted by Gasteiger charge is -2.27. The molecule has 0 aromatic carbocycles. The number of hydrogen-bond acceptors (Lipinski definition) is 4. The van der Waals surface area contributed by atoms with Crippen molar-refractivity contribution in [1.82, 2.24) is 10.2 Å². The van der Waals surface area contributed by atoms with Crippen LogP contribution in [0, 0.1) is 5.92 Å². The van der Waals surface area contributed by atoms with Gasteiger partial charge in [-0.3, -0.25) is 4.79 Å². The minimum absolute atomic E-state index is 0.166. The molecule has 1 amide bonds. The third-order valence-corrected chi connectivity index (χ3v) is 5.71. The minimum Gasteiger partial charge on any atom is -0.341 e. The average molecular weight is 294 g/mol. The van der Waals surface area contributed by atoms with Gasteiger partial charge in [0.2, 0.25) is 0 Å². The van der Waals surface area contributed by atoms with E-state index in [9.17, 15) is 4.79 Å². The predicted molar refractivity (Wildman–Crippen MR) is 82.3 cm³/mol. The molecule has 0 spiro atoms. The monoisotopic (exact) mass is 294 g/mol. The van der Waals surface area contributed by atoms with Crippen LogP contribution in [-0.4, -0.2) is 37.5 Å². The van der Waals surface area contributed by atoms with Gasteiger partial charge >= 0.3 is 0 Å². The van der Waals surface area contributed by atoms with Gasteiger partial charge in [-0.25, -0.2) is 0 Å². The normalized spacial score (nSPS) is 19.7. The van der Waals surface area contributed by atoms with E-state index in [1.807, 2.05) is 18.0 Å². The van der Waals surface area contributed by atoms with E-state index in [1.165, 1.54) is 22.2 Å². The molecule has 1 aliphatic heterocycles. The van der Waals surface area contributed by atoms with Crippen LogP contribution in [-0.2, 0) is 0 Å². The number of rotatable bonds is 3. The standard InChI is InChI=1S/C14H18N2OS2/c1-16(9-10-3-2-5-15-8-10)14(17)13-7-12-11(19-13)4-6-18-12/h4,6-7,10,15H,2-3,5,8-9H2,1H3. The molecule has 2 aromatic heterocycles. The van der Waals surface area contributed by atoms with E-state index in [-0.39, 0.29) is 5.91 Å². The molecule has 0 aliphatic carbocycles. The summed E-state index contributed by atoms with van der Waals surface area (Å²) in [5.41, 5.74) is 0. The van der Waals surface area contributed by atoms with Gasteiger partial charge in [-0.05, 0) is 49.4 Å². The van der Waals surface area contributed by atoms with E-state index < -0.39 is 0 Å². The molecule has 0 bridgehead atoms. The van der Waals surface area contributed by atoms with Crippen LogP contribution in [0.4, 0.5) is 0 Å². The van der Waals surface area contributed by atoms with Gasteiger partial charge < -0.3 is 10.2 Å². The molecule has 1 unspecified atom stereocenters. The summed E-state index contributed by atoms with van der Waals surface area (Å²) in [5.74, 6) is 0.766. The van der Waals surface area contributed by atoms with Gasteiger partial charge in [-0.15, -0.1) is 22.7 Å². The Morgan fingerprint density at radius 1 is 1.53 bits per heavy atom. The van der Waals surface area contributed by atoms with Gasteiger partial charge in [-0.1, -0.05) is 0 Å². The maximum Gasteiger partial charge on any atom is 0.263 e. The van der Waals surface area contributed by atoms with Crippen LogP contribution < -0.4 is 5.32 Å². The minimum atomic E-state index is 0.166. The quantitative estimate of drug-likeness (QED) is 0.943. The van der Waals surface area contributed by atoms with Crippen molar-refractivity contribution in [2.24, 2.45) is 5.92 Å². The number of amides is 1. The molecule has 3 nitrogen and oxygen atoms in total. The summed E-state index contributed by atoms with van der Waals surface area (Å²) < 4.78 is 2.45. The maximum absolute atomic E-state index is 12.4. The fourth-order valence-electron chi connectivity index (χ4n) is 2.61. The van der Waals surface area contributed by atoms with Crippen LogP contribution >= 0.6 is 22.7 Å². The van der Waals surface area contributed by atoms with Crippen molar-refractivity contribution in [1.29, 1.82) is 0 Å². The first-order chi connectivity index (χ1) is 9.24. The van der Waals surface area contributed by atoms with Crippen molar-refractivity contribution in [2.75, 3.05) is 26.7 Å². The van der Waals surface area contributed by atoms with Gasteiger partial charge in [0, 0.05) is 23.0 Å². The number of thiophene rings is 2. The van der Waals surface area contributed by atoms with Gasteiger partial charge in [0.1, 0.15) is 0 Å². The van der Waals surface area contributed by atoms with Crippen molar-refractivity contribution >= 4 is 38.0 Å². The van der Waals surface area contributed by atoms with Crippen LogP contribution in [0.5, 0.6) is 0 Å². The molecule has 1 N–H and O–H groups in total. The first kappa shape index (κ1) is 13.1. The zero-order chi connectivity index (χ0) is 13.2. The van der Waals surface area contributed by atoms with Gasteiger partial charge in [0.25, 0.3) is 5.91 Å². The Kier molecular flexibility index (Phi) is 3.86. The molecule has 1 atom stereocenters. The summed E-state index contributed by atoms with van der Waals surface area (Å²) in [7, 11) is 1.92. The lowest BCUT2D eigenvalue weighted by Crippen LogP contribution is -2.38. The van der Waals surface area contributed by atoms with E-state index >= 15 is 0 Å². The van der Waals surface area contributed by atoms with Crippen molar-refractivity contribution in [2.45, 2.75) is 12.8 Å². The number of hydrogen-bond donors (Lipinski definition) is 1. The van der Waals surface area contributed by atoms with Gasteiger partial charge in [0.15, 0.2) is 0 Å². The van der Waals surface area contributed by atoms with Crippen LogP contribution in [0.15, 0.2) is 17.5 Å². The van der Waals surface area contributed by atoms with Crippen LogP contribution in [0.2, 0.25) is 0 Å². The van der Waals surface area contributed by atoms with Crippen molar-refractivity contribution in [3.63, 3.8) is 0 Å². The van der Waals surface area contributed by atoms with Crippen molar-refractivity contribution in [3.05, 3.63) is 22.4 Å². The molecule has 3 rings (SSSR count). The SMILES string of the molecule is CN(CC1CCCNC1)C(=O)c1cc2sccc2s1. The molecule has 5 heteroatoms. The van der Waals surface area contributed by atoms with Crippen LogP contribution in [0.1, 0.15) is 22.5 Å². The molecular weight excluding hydrogens is 276 g/mol. The molecule has 0 radical (unpaired) electrons. The van der Waals surface area contributed by atoms with Crippen molar-refractivity contribution in [3.8, 4) is 0 Å². The molecule has 0 saturated carbocycles. The zero-order valence-corrected chi connectivity index (χ0v) is 12.6. The number of carbonyl (C=O) groups is 1. The zero-order valence-electron chi connectivity index (χ0n) is 11.0. The summed E-state index contributed by atoms with van der Waals surface area (Å²) >= 11 is 3.31. The highest BCUT2D eigenvalue weighted by Gasteiger charge is 2.20. The molecule has 2 aromatic rings. The van der Waals surface area contributed by atoms with Gasteiger partial charge in [0.05, 0.1) is 4.88 Å². The lowest BCUT2D eigenvalue weighted by atomic mass is 9.99. The fourth-order valence-corrected chi connectivity index (χ4v) is 4.71. The van der Waals surface area contributed by atoms with E-state index in [0.29, 0.717) is 5.92 Å². The number of fused-ring (bicyclic) bond motifs is 1. The van der Waals surface area contributed by atoms with Crippen molar-refractivity contribution < 1.29 is 4.79 Å². The Bertz CT molecular complexity index is 540. The van der Waals surface area contributed by atoms with Crippen LogP contribution in [0.25, 0.3) is 9.40 Å². The second-order valence-corrected chi connectivity index (χ2v) is 7.19. The Hall–Kier alpha value is -0.910. The van der Waals surface area contributed by atoms with E-state index in [2.05, 4.69) is 16.8 Å². The third-order valence-electron chi connectivity index (χ3n) is 3.63. The molecule has 102 valence electrons. The summed E-state index contributed by atoms with van der Waals surface area (Å²) in [6.07, 6.45) is 2.45. The molecule has 1 fully saturated rings. The van der Waals surface area contributed by atoms with Gasteiger partial charge in [-0.2, -0.15) is 0 Å². The Morgan fingerprint density at radius 2 is 2.42 bits per heavy atom. The predicted octanol–water partition coefficient (Wildman–Crippen LogP) is 3.03. The highest BCUT2D eigenvalue weighted by Crippen LogP contribution is 2.30. The maximum atomic E-state index is 12.4. The third kappa shape index (κ3) is 2.83. The Morgan fingerprint density at radius 3 is 3.16 bits per heavy atom. The van der Waals surface area contributed by atoms with E-state index in [1.54, 1.807) is 22.7 Å². The first-order valence-corrected chi connectivity index (χ1v) is 8.37. The second kappa shape index (κ2) is 5.61. The number of nitrogens with zero attached hydrogens (tertiary/aromatic N) is 1. The molecule has 3 heterocycles. The summed E-state index contributed by atoms with van der Waals surface area (Å²) in [5, 5.41) is 5.48. The second-order valence-electron chi connectivity index (χ2n) is 5.16. The smallest absolute Gasteiger partial charge is 0.263 e. The largest absolute Gasteiger partial charge is 0.341 e. The molecule has 19 heavy (non-hydrogen) atoms. The number of carbonyl (C=O) groups excluding carboxylic acids is 1. The highest BCUT2D eigenvalue weighted by atomic mass is 32.1. The Balaban J connectivity index is 1.66. The summed E-state index contributed by atoms with van der Waals surface area (Å²) in [6, 6.07) is 4.12. The van der Waals surface area contributed by atoms with Crippen LogP contribution in [0.3, 0.4) is 0 Å². The fraction of sp³-hybridized carbons (Fsp3) is 0.500. The average Bonchev–Trinajstić information content (AvgIpc) is 2.99. The summed E-state index contributed by atoms with van der Waals surface area (Å²) in [4.78, 5) is 15.2. The highest BCUT2D eigenvalue weighted by molar-refractivity contribution is 7.27.